The van der Waals surface area contributed by atoms with Crippen molar-refractivity contribution in [1.29, 1.82) is 0 Å². The average Bonchev–Trinajstić information content (AvgIpc) is 3.53. The van der Waals surface area contributed by atoms with Gasteiger partial charge in [0, 0.05) is 44.5 Å². The van der Waals surface area contributed by atoms with Crippen LogP contribution in [0.1, 0.15) is 22.3 Å². The van der Waals surface area contributed by atoms with Crippen molar-refractivity contribution >= 4 is 27.3 Å². The van der Waals surface area contributed by atoms with Gasteiger partial charge in [-0.2, -0.15) is 22.6 Å². The second-order valence-corrected chi connectivity index (χ2v) is 12.3. The highest BCUT2D eigenvalue weighted by molar-refractivity contribution is 7.89. The van der Waals surface area contributed by atoms with Gasteiger partial charge in [0.15, 0.2) is 5.82 Å². The third-order valence-corrected chi connectivity index (χ3v) is 9.12. The maximum absolute atomic E-state index is 14.8. The number of nitrogen functional groups attached to an aromatic ring is 1. The van der Waals surface area contributed by atoms with Crippen LogP contribution in [0.25, 0.3) is 16.8 Å². The van der Waals surface area contributed by atoms with Crippen molar-refractivity contribution in [2.75, 3.05) is 58.0 Å². The van der Waals surface area contributed by atoms with Crippen LogP contribution >= 0.6 is 0 Å². The summed E-state index contributed by atoms with van der Waals surface area (Å²) in [7, 11) is -3.10. The number of pyridine rings is 1. The van der Waals surface area contributed by atoms with Crippen molar-refractivity contribution < 1.29 is 40.2 Å². The molecular formula is C25H30F4N8O5S. The summed E-state index contributed by atoms with van der Waals surface area (Å²) >= 11 is 0. The molecule has 0 bridgehead atoms. The molecule has 0 aromatic carbocycles. The number of rotatable bonds is 9. The van der Waals surface area contributed by atoms with E-state index in [1.54, 1.807) is 4.52 Å². The van der Waals surface area contributed by atoms with Crippen molar-refractivity contribution in [2.24, 2.45) is 0 Å². The molecule has 18 heteroatoms. The van der Waals surface area contributed by atoms with Gasteiger partial charge in [-0.05, 0) is 17.7 Å². The van der Waals surface area contributed by atoms with Crippen LogP contribution in [-0.2, 0) is 21.3 Å². The zero-order valence-electron chi connectivity index (χ0n) is 23.1. The van der Waals surface area contributed by atoms with E-state index in [0.29, 0.717) is 40.8 Å². The first kappa shape index (κ1) is 30.8. The first-order chi connectivity index (χ1) is 20.4. The summed E-state index contributed by atoms with van der Waals surface area (Å²) in [4.78, 5) is 23.9. The Labute approximate surface area is 244 Å². The second-order valence-electron chi connectivity index (χ2n) is 10.2. The molecule has 0 aliphatic carbocycles. The standard InChI is InChI=1S/C25H30F4N8O5S/c1-41-24-17(23(38)34-19-13-36(12-18(19)26)43(39,40)7-2-25(27,28)29)8-15(10-31-24)20-9-16(11-35-3-5-42-6-4-35)21-22(30)32-14-33-37(20)21/h8-10,14,18-19H,2-7,11-13H2,1H3,(H,34,38)(H2,30,32,33)/t18-,19+/m0/s1. The van der Waals surface area contributed by atoms with E-state index in [1.807, 2.05) is 6.07 Å². The van der Waals surface area contributed by atoms with Crippen LogP contribution in [0.2, 0.25) is 0 Å². The van der Waals surface area contributed by atoms with Gasteiger partial charge in [0.1, 0.15) is 23.6 Å². The van der Waals surface area contributed by atoms with Crippen molar-refractivity contribution in [3.63, 3.8) is 0 Å². The maximum atomic E-state index is 14.8. The Morgan fingerprint density at radius 1 is 1.21 bits per heavy atom. The topological polar surface area (TPSA) is 157 Å². The van der Waals surface area contributed by atoms with E-state index in [-0.39, 0.29) is 17.3 Å². The highest BCUT2D eigenvalue weighted by Gasteiger charge is 2.41. The maximum Gasteiger partial charge on any atom is 0.390 e. The van der Waals surface area contributed by atoms with Gasteiger partial charge in [-0.15, -0.1) is 0 Å². The van der Waals surface area contributed by atoms with Gasteiger partial charge >= 0.3 is 6.18 Å². The van der Waals surface area contributed by atoms with Crippen LogP contribution in [0.15, 0.2) is 24.7 Å². The van der Waals surface area contributed by atoms with E-state index in [2.05, 4.69) is 25.3 Å². The normalized spacial score (nSPS) is 20.5. The molecule has 3 aromatic heterocycles. The lowest BCUT2D eigenvalue weighted by Gasteiger charge is -2.26. The molecule has 0 radical (unpaired) electrons. The Hall–Kier alpha value is -3.61. The number of morpholine rings is 1. The van der Waals surface area contributed by atoms with Crippen LogP contribution < -0.4 is 15.8 Å². The number of hydrogen-bond donors (Lipinski definition) is 2. The van der Waals surface area contributed by atoms with Gasteiger partial charge in [0.25, 0.3) is 5.91 Å². The quantitative estimate of drug-likeness (QED) is 0.330. The third kappa shape index (κ3) is 6.81. The largest absolute Gasteiger partial charge is 0.480 e. The Balaban J connectivity index is 1.39. The third-order valence-electron chi connectivity index (χ3n) is 7.31. The summed E-state index contributed by atoms with van der Waals surface area (Å²) in [5, 5.41) is 6.79. The number of sulfonamides is 1. The Bertz CT molecular complexity index is 1600. The van der Waals surface area contributed by atoms with Gasteiger partial charge in [-0.3, -0.25) is 9.69 Å². The number of nitrogens with one attached hydrogen (secondary N) is 1. The molecule has 0 saturated carbocycles. The predicted octanol–water partition coefficient (Wildman–Crippen LogP) is 1.25. The zero-order valence-corrected chi connectivity index (χ0v) is 23.9. The van der Waals surface area contributed by atoms with Crippen LogP contribution in [-0.4, -0.2) is 114 Å². The SMILES string of the molecule is COc1ncc(-c2cc(CN3CCOCC3)c3c(N)ncnn23)cc1C(=O)N[C@@H]1CN(S(=O)(=O)CCC(F)(F)F)C[C@@H]1F. The number of anilines is 1. The molecule has 3 N–H and O–H groups in total. The first-order valence-corrected chi connectivity index (χ1v) is 14.9. The number of nitrogens with two attached hydrogens (primary N) is 1. The van der Waals surface area contributed by atoms with E-state index >= 15 is 0 Å². The molecule has 2 aliphatic heterocycles. The fourth-order valence-corrected chi connectivity index (χ4v) is 6.61. The van der Waals surface area contributed by atoms with Gasteiger partial charge < -0.3 is 20.5 Å². The molecule has 0 unspecified atom stereocenters. The molecule has 2 saturated heterocycles. The van der Waals surface area contributed by atoms with E-state index in [1.165, 1.54) is 25.7 Å². The Morgan fingerprint density at radius 2 is 1.95 bits per heavy atom. The number of ether oxygens (including phenoxy) is 2. The lowest BCUT2D eigenvalue weighted by atomic mass is 10.1. The molecule has 0 spiro atoms. The second kappa shape index (κ2) is 12.2. The lowest BCUT2D eigenvalue weighted by molar-refractivity contribution is -0.130. The van der Waals surface area contributed by atoms with Crippen LogP contribution in [0.4, 0.5) is 23.4 Å². The first-order valence-electron chi connectivity index (χ1n) is 13.3. The fourth-order valence-electron chi connectivity index (χ4n) is 5.10. The van der Waals surface area contributed by atoms with E-state index in [0.717, 1.165) is 18.7 Å². The highest BCUT2D eigenvalue weighted by Crippen LogP contribution is 2.31. The van der Waals surface area contributed by atoms with E-state index in [4.69, 9.17) is 15.2 Å². The predicted molar refractivity (Wildman–Crippen MR) is 145 cm³/mol. The number of carbonyl (C=O) groups excluding carboxylic acids is 1. The molecule has 43 heavy (non-hydrogen) atoms. The minimum absolute atomic E-state index is 0.0720. The molecule has 13 nitrogen and oxygen atoms in total. The number of amides is 1. The molecular weight excluding hydrogens is 600 g/mol. The molecule has 234 valence electrons. The van der Waals surface area contributed by atoms with Gasteiger partial charge in [0.05, 0.1) is 44.2 Å². The molecule has 3 aromatic rings. The van der Waals surface area contributed by atoms with Gasteiger partial charge in [0.2, 0.25) is 15.9 Å². The number of halogens is 4. The van der Waals surface area contributed by atoms with E-state index in [9.17, 15) is 30.8 Å². The number of aromatic nitrogens is 4. The summed E-state index contributed by atoms with van der Waals surface area (Å²) < 4.78 is 90.2. The summed E-state index contributed by atoms with van der Waals surface area (Å²) in [6.07, 6.45) is -5.32. The minimum Gasteiger partial charge on any atom is -0.480 e. The van der Waals surface area contributed by atoms with Gasteiger partial charge in [-0.25, -0.2) is 27.3 Å². The number of fused-ring (bicyclic) bond motifs is 1. The molecule has 1 amide bonds. The van der Waals surface area contributed by atoms with Gasteiger partial charge in [-0.1, -0.05) is 0 Å². The monoisotopic (exact) mass is 630 g/mol. The average molecular weight is 631 g/mol. The molecule has 5 rings (SSSR count). The number of alkyl halides is 4. The fraction of sp³-hybridized carbons (Fsp3) is 0.520. The summed E-state index contributed by atoms with van der Waals surface area (Å²) in [5.41, 5.74) is 8.56. The van der Waals surface area contributed by atoms with Crippen molar-refractivity contribution in [1.82, 2.24) is 34.1 Å². The van der Waals surface area contributed by atoms with Crippen molar-refractivity contribution in [2.45, 2.75) is 31.4 Å². The number of methoxy groups -OCH3 is 1. The van der Waals surface area contributed by atoms with Crippen LogP contribution in [0, 0.1) is 0 Å². The zero-order chi connectivity index (χ0) is 30.9. The Morgan fingerprint density at radius 3 is 2.65 bits per heavy atom. The van der Waals surface area contributed by atoms with E-state index < -0.39 is 59.6 Å². The highest BCUT2D eigenvalue weighted by atomic mass is 32.2. The number of hydrogen-bond acceptors (Lipinski definition) is 10. The molecule has 5 heterocycles. The molecule has 2 fully saturated rings. The van der Waals surface area contributed by atoms with Crippen LogP contribution in [0.3, 0.4) is 0 Å². The Kier molecular flexibility index (Phi) is 8.73. The lowest BCUT2D eigenvalue weighted by Crippen LogP contribution is -2.42. The smallest absolute Gasteiger partial charge is 0.390 e. The van der Waals surface area contributed by atoms with Crippen molar-refractivity contribution in [3.05, 3.63) is 35.8 Å². The minimum atomic E-state index is -4.68. The number of carbonyl (C=O) groups is 1. The van der Waals surface area contributed by atoms with Crippen LogP contribution in [0.5, 0.6) is 5.88 Å². The number of nitrogens with zero attached hydrogens (tertiary/aromatic N) is 6. The molecule has 2 atom stereocenters. The molecule has 2 aliphatic rings. The summed E-state index contributed by atoms with van der Waals surface area (Å²) in [5.74, 6) is -1.84. The summed E-state index contributed by atoms with van der Waals surface area (Å²) in [6.45, 7) is 2.01. The van der Waals surface area contributed by atoms with Crippen molar-refractivity contribution in [3.8, 4) is 17.1 Å². The summed E-state index contributed by atoms with van der Waals surface area (Å²) in [6, 6.07) is 2.03.